The second-order valence-corrected chi connectivity index (χ2v) is 6.95. The number of nitrogens with one attached hydrogen (secondary N) is 2. The molecule has 3 atom stereocenters. The smallest absolute Gasteiger partial charge is 0.492 e. The average Bonchev–Trinajstić information content (AvgIpc) is 3.21. The van der Waals surface area contributed by atoms with Crippen LogP contribution >= 0.6 is 0 Å². The normalized spacial score (nSPS) is 23.6. The minimum Gasteiger partial charge on any atom is -0.497 e. The molecule has 0 bridgehead atoms. The van der Waals surface area contributed by atoms with E-state index in [9.17, 15) is 10.0 Å². The van der Waals surface area contributed by atoms with E-state index < -0.39 is 7.12 Å². The average molecular weight is 381 g/mol. The Morgan fingerprint density at radius 3 is 2.86 bits per heavy atom. The predicted molar refractivity (Wildman–Crippen MR) is 104 cm³/mol. The fourth-order valence-corrected chi connectivity index (χ4v) is 4.29. The van der Waals surface area contributed by atoms with Gasteiger partial charge in [-0.3, -0.25) is 5.10 Å². The van der Waals surface area contributed by atoms with Crippen LogP contribution in [0.4, 0.5) is 5.69 Å². The Kier molecular flexibility index (Phi) is 4.24. The summed E-state index contributed by atoms with van der Waals surface area (Å²) in [6.07, 6.45) is 1.22. The maximum Gasteiger partial charge on any atom is 0.492 e. The molecule has 0 spiro atoms. The largest absolute Gasteiger partial charge is 0.497 e. The second kappa shape index (κ2) is 6.79. The molecule has 0 amide bonds. The van der Waals surface area contributed by atoms with Gasteiger partial charge in [-0.1, -0.05) is 18.2 Å². The van der Waals surface area contributed by atoms with Gasteiger partial charge in [0, 0.05) is 27.7 Å². The van der Waals surface area contributed by atoms with Gasteiger partial charge in [-0.25, -0.2) is 0 Å². The lowest BCUT2D eigenvalue weighted by Crippen LogP contribution is -2.44. The van der Waals surface area contributed by atoms with Crippen LogP contribution in [0.5, 0.6) is 5.75 Å². The number of aromatic nitrogens is 2. The van der Waals surface area contributed by atoms with Crippen LogP contribution in [-0.4, -0.2) is 53.8 Å². The summed E-state index contributed by atoms with van der Waals surface area (Å²) >= 11 is 0. The first-order valence-corrected chi connectivity index (χ1v) is 9.17. The summed E-state index contributed by atoms with van der Waals surface area (Å²) < 4.78 is 17.8. The van der Waals surface area contributed by atoms with Crippen molar-refractivity contribution < 1.29 is 24.3 Å². The number of nitrogens with zero attached hydrogens (tertiary/aromatic N) is 1. The van der Waals surface area contributed by atoms with Gasteiger partial charge in [0.1, 0.15) is 18.0 Å². The molecule has 4 N–H and O–H groups in total. The number of fused-ring (bicyclic) bond motifs is 5. The van der Waals surface area contributed by atoms with Gasteiger partial charge in [-0.2, -0.15) is 5.10 Å². The van der Waals surface area contributed by atoms with E-state index in [1.54, 1.807) is 18.3 Å². The van der Waals surface area contributed by atoms with Gasteiger partial charge in [-0.15, -0.1) is 0 Å². The second-order valence-electron chi connectivity index (χ2n) is 6.95. The Labute approximate surface area is 161 Å². The molecular weight excluding hydrogens is 361 g/mol. The Bertz CT molecular complexity index is 1020. The van der Waals surface area contributed by atoms with E-state index in [0.717, 1.165) is 27.7 Å². The highest BCUT2D eigenvalue weighted by Crippen LogP contribution is 2.47. The van der Waals surface area contributed by atoms with E-state index in [1.807, 2.05) is 18.2 Å². The monoisotopic (exact) mass is 381 g/mol. The highest BCUT2D eigenvalue weighted by atomic mass is 16.6. The third-order valence-electron chi connectivity index (χ3n) is 5.47. The van der Waals surface area contributed by atoms with E-state index in [1.165, 1.54) is 7.11 Å². The van der Waals surface area contributed by atoms with E-state index in [-0.39, 0.29) is 18.2 Å². The molecule has 28 heavy (non-hydrogen) atoms. The number of aromatic amines is 1. The molecule has 3 aromatic rings. The summed E-state index contributed by atoms with van der Waals surface area (Å²) in [7, 11) is -0.109. The van der Waals surface area contributed by atoms with Gasteiger partial charge < -0.3 is 29.6 Å². The van der Waals surface area contributed by atoms with Crippen LogP contribution in [0, 0.1) is 0 Å². The van der Waals surface area contributed by atoms with Crippen molar-refractivity contribution in [2.24, 2.45) is 0 Å². The molecule has 8 nitrogen and oxygen atoms in total. The quantitative estimate of drug-likeness (QED) is 0.499. The van der Waals surface area contributed by atoms with E-state index >= 15 is 0 Å². The standard InChI is InChI=1S/C19H20BN3O5/c1-26-17-10(3-2-4-12(17)20(24)25)16-19-18(27-7-8-28-19)15-11-9-21-23-13(11)5-6-14(15)22-16/h2-6,9,16,18-19,22,24-25H,7-8H2,1H3,(H,21,23)/t16-,18+,19-/m0/s1. The van der Waals surface area contributed by atoms with Crippen LogP contribution in [0.1, 0.15) is 23.3 Å². The van der Waals surface area contributed by atoms with Crippen LogP contribution in [0.15, 0.2) is 36.5 Å². The van der Waals surface area contributed by atoms with Crippen molar-refractivity contribution in [3.63, 3.8) is 0 Å². The zero-order valence-corrected chi connectivity index (χ0v) is 15.3. The summed E-state index contributed by atoms with van der Waals surface area (Å²) in [6, 6.07) is 9.00. The number of benzene rings is 2. The van der Waals surface area contributed by atoms with Crippen molar-refractivity contribution in [1.29, 1.82) is 0 Å². The third kappa shape index (κ3) is 2.59. The summed E-state index contributed by atoms with van der Waals surface area (Å²) in [5, 5.41) is 31.2. The Balaban J connectivity index is 1.67. The summed E-state index contributed by atoms with van der Waals surface area (Å²) in [5.41, 5.74) is 3.99. The van der Waals surface area contributed by atoms with Crippen molar-refractivity contribution in [2.45, 2.75) is 18.2 Å². The Morgan fingerprint density at radius 2 is 2.04 bits per heavy atom. The predicted octanol–water partition coefficient (Wildman–Crippen LogP) is 0.875. The molecule has 0 radical (unpaired) electrons. The van der Waals surface area contributed by atoms with Crippen molar-refractivity contribution in [3.05, 3.63) is 47.7 Å². The number of hydrogen-bond acceptors (Lipinski definition) is 7. The van der Waals surface area contributed by atoms with E-state index in [4.69, 9.17) is 14.2 Å². The van der Waals surface area contributed by atoms with Crippen molar-refractivity contribution >= 4 is 29.2 Å². The fraction of sp³-hybridized carbons (Fsp3) is 0.316. The molecule has 144 valence electrons. The molecular formula is C19H20BN3O5. The Hall–Kier alpha value is -2.59. The lowest BCUT2D eigenvalue weighted by Gasteiger charge is -2.43. The number of ether oxygens (including phenoxy) is 3. The highest BCUT2D eigenvalue weighted by Gasteiger charge is 2.43. The number of anilines is 1. The number of methoxy groups -OCH3 is 1. The van der Waals surface area contributed by atoms with Gasteiger partial charge in [0.05, 0.1) is 38.1 Å². The topological polar surface area (TPSA) is 109 Å². The molecule has 2 aliphatic rings. The van der Waals surface area contributed by atoms with Crippen molar-refractivity contribution in [1.82, 2.24) is 10.2 Å². The highest BCUT2D eigenvalue weighted by molar-refractivity contribution is 6.59. The van der Waals surface area contributed by atoms with Crippen LogP contribution < -0.4 is 15.5 Å². The van der Waals surface area contributed by atoms with Crippen LogP contribution in [0.2, 0.25) is 0 Å². The molecule has 9 heteroatoms. The molecule has 2 aromatic carbocycles. The summed E-state index contributed by atoms with van der Waals surface area (Å²) in [6.45, 7) is 0.995. The zero-order valence-electron chi connectivity index (χ0n) is 15.3. The molecule has 2 aliphatic heterocycles. The fourth-order valence-electron chi connectivity index (χ4n) is 4.29. The number of para-hydroxylation sites is 1. The van der Waals surface area contributed by atoms with Gasteiger partial charge >= 0.3 is 7.12 Å². The van der Waals surface area contributed by atoms with E-state index in [0.29, 0.717) is 24.4 Å². The molecule has 3 heterocycles. The molecule has 0 saturated carbocycles. The van der Waals surface area contributed by atoms with Gasteiger partial charge in [0.15, 0.2) is 0 Å². The first-order chi connectivity index (χ1) is 13.7. The third-order valence-corrected chi connectivity index (χ3v) is 5.47. The van der Waals surface area contributed by atoms with Gasteiger partial charge in [0.25, 0.3) is 0 Å². The Morgan fingerprint density at radius 1 is 1.18 bits per heavy atom. The van der Waals surface area contributed by atoms with Crippen LogP contribution in [0.25, 0.3) is 10.9 Å². The summed E-state index contributed by atoms with van der Waals surface area (Å²) in [4.78, 5) is 0. The molecule has 0 unspecified atom stereocenters. The minimum atomic E-state index is -1.63. The molecule has 5 rings (SSSR count). The van der Waals surface area contributed by atoms with Crippen LogP contribution in [-0.2, 0) is 9.47 Å². The van der Waals surface area contributed by atoms with Crippen molar-refractivity contribution in [2.75, 3.05) is 25.6 Å². The first-order valence-electron chi connectivity index (χ1n) is 9.17. The number of hydrogen-bond donors (Lipinski definition) is 4. The maximum atomic E-state index is 9.73. The summed E-state index contributed by atoms with van der Waals surface area (Å²) in [5.74, 6) is 0.427. The molecule has 1 aromatic heterocycles. The number of H-pyrrole nitrogens is 1. The first kappa shape index (κ1) is 17.5. The molecule has 1 saturated heterocycles. The van der Waals surface area contributed by atoms with Crippen molar-refractivity contribution in [3.8, 4) is 5.75 Å². The van der Waals surface area contributed by atoms with Crippen LogP contribution in [0.3, 0.4) is 0 Å². The molecule has 0 aliphatic carbocycles. The van der Waals surface area contributed by atoms with E-state index in [2.05, 4.69) is 15.5 Å². The lowest BCUT2D eigenvalue weighted by atomic mass is 9.76. The SMILES string of the molecule is COc1c(B(O)O)cccc1[C@@H]1Nc2ccc3[nH]ncc3c2[C@H]2OCCO[C@H]21. The maximum absolute atomic E-state index is 9.73. The van der Waals surface area contributed by atoms with Gasteiger partial charge in [0.2, 0.25) is 0 Å². The van der Waals surface area contributed by atoms with Gasteiger partial charge in [-0.05, 0) is 12.1 Å². The molecule has 1 fully saturated rings. The zero-order chi connectivity index (χ0) is 19.3. The minimum absolute atomic E-state index is 0.274. The number of rotatable bonds is 3. The lowest BCUT2D eigenvalue weighted by molar-refractivity contribution is -0.150.